The Morgan fingerprint density at radius 3 is 2.61 bits per heavy atom. The van der Waals surface area contributed by atoms with Gasteiger partial charge in [-0.25, -0.2) is 0 Å². The molecular formula is C14H14N2OS. The average molecular weight is 258 g/mol. The van der Waals surface area contributed by atoms with Crippen LogP contribution in [0.5, 0.6) is 0 Å². The first kappa shape index (κ1) is 12.5. The lowest BCUT2D eigenvalue weighted by Gasteiger charge is -2.13. The van der Waals surface area contributed by atoms with Crippen LogP contribution in [0.15, 0.2) is 48.7 Å². The molecule has 0 radical (unpaired) electrons. The summed E-state index contributed by atoms with van der Waals surface area (Å²) >= 11 is 5.24. The van der Waals surface area contributed by atoms with Crippen molar-refractivity contribution in [2.75, 3.05) is 13.6 Å². The van der Waals surface area contributed by atoms with Gasteiger partial charge in [0.15, 0.2) is 5.11 Å². The Hall–Kier alpha value is -1.94. The number of amides is 1. The molecule has 2 rings (SSSR count). The third-order valence-electron chi connectivity index (χ3n) is 2.76. The second kappa shape index (κ2) is 5.14. The first-order valence-corrected chi connectivity index (χ1v) is 6.03. The van der Waals surface area contributed by atoms with E-state index >= 15 is 0 Å². The molecule has 0 aliphatic carbocycles. The van der Waals surface area contributed by atoms with Crippen molar-refractivity contribution in [1.29, 1.82) is 0 Å². The molecule has 1 fully saturated rings. The van der Waals surface area contributed by atoms with Crippen LogP contribution in [0, 0.1) is 0 Å². The quantitative estimate of drug-likeness (QED) is 0.472. The van der Waals surface area contributed by atoms with Crippen molar-refractivity contribution in [3.8, 4) is 0 Å². The van der Waals surface area contributed by atoms with E-state index in [1.54, 1.807) is 18.0 Å². The summed E-state index contributed by atoms with van der Waals surface area (Å²) in [7, 11) is 1.80. The predicted octanol–water partition coefficient (Wildman–Crippen LogP) is 2.27. The van der Waals surface area contributed by atoms with Crippen LogP contribution in [-0.2, 0) is 4.79 Å². The van der Waals surface area contributed by atoms with Crippen LogP contribution in [0.25, 0.3) is 6.08 Å². The fraction of sp³-hybridized carbons (Fsp3) is 0.143. The van der Waals surface area contributed by atoms with Gasteiger partial charge in [-0.3, -0.25) is 9.69 Å². The van der Waals surface area contributed by atoms with E-state index in [2.05, 4.69) is 6.58 Å². The number of nitrogens with zero attached hydrogens (tertiary/aromatic N) is 2. The summed E-state index contributed by atoms with van der Waals surface area (Å²) in [5.74, 6) is -0.0775. The molecule has 18 heavy (non-hydrogen) atoms. The highest BCUT2D eigenvalue weighted by atomic mass is 32.1. The molecule has 1 aliphatic rings. The van der Waals surface area contributed by atoms with Gasteiger partial charge in [0.1, 0.15) is 5.70 Å². The minimum Gasteiger partial charge on any atom is -0.317 e. The minimum absolute atomic E-state index is 0.0775. The van der Waals surface area contributed by atoms with Gasteiger partial charge in [-0.2, -0.15) is 0 Å². The first-order valence-electron chi connectivity index (χ1n) is 5.62. The van der Waals surface area contributed by atoms with Crippen molar-refractivity contribution in [3.05, 3.63) is 54.2 Å². The molecule has 0 atom stereocenters. The molecule has 1 heterocycles. The fourth-order valence-corrected chi connectivity index (χ4v) is 2.06. The van der Waals surface area contributed by atoms with Crippen LogP contribution in [0.4, 0.5) is 0 Å². The van der Waals surface area contributed by atoms with E-state index in [1.165, 1.54) is 4.90 Å². The Morgan fingerprint density at radius 1 is 1.33 bits per heavy atom. The second-order valence-electron chi connectivity index (χ2n) is 3.99. The van der Waals surface area contributed by atoms with Crippen molar-refractivity contribution in [3.63, 3.8) is 0 Å². The molecule has 1 aromatic carbocycles. The van der Waals surface area contributed by atoms with E-state index in [4.69, 9.17) is 12.2 Å². The standard InChI is InChI=1S/C14H14N2OS/c1-3-9-16-13(17)12(15(2)14(16)18)10-11-7-5-4-6-8-11/h3-8,10H,1,9H2,2H3/b12-10-. The normalized spacial score (nSPS) is 17.7. The van der Waals surface area contributed by atoms with Crippen molar-refractivity contribution < 1.29 is 4.79 Å². The zero-order valence-corrected chi connectivity index (χ0v) is 11.0. The summed E-state index contributed by atoms with van der Waals surface area (Å²) in [6.45, 7) is 4.07. The van der Waals surface area contributed by atoms with Gasteiger partial charge >= 0.3 is 0 Å². The summed E-state index contributed by atoms with van der Waals surface area (Å²) in [5, 5.41) is 0.516. The molecular weight excluding hydrogens is 244 g/mol. The van der Waals surface area contributed by atoms with Crippen molar-refractivity contribution in [2.24, 2.45) is 0 Å². The van der Waals surface area contributed by atoms with E-state index in [9.17, 15) is 4.79 Å². The first-order chi connectivity index (χ1) is 8.65. The summed E-state index contributed by atoms with van der Waals surface area (Å²) in [5.41, 5.74) is 1.57. The number of likely N-dealkylation sites (N-methyl/N-ethyl adjacent to an activating group) is 1. The Balaban J connectivity index is 2.35. The van der Waals surface area contributed by atoms with Gasteiger partial charge in [0.2, 0.25) is 0 Å². The van der Waals surface area contributed by atoms with E-state index in [1.807, 2.05) is 36.4 Å². The van der Waals surface area contributed by atoms with Gasteiger partial charge in [-0.15, -0.1) is 6.58 Å². The maximum Gasteiger partial charge on any atom is 0.277 e. The number of hydrogen-bond acceptors (Lipinski definition) is 2. The molecule has 0 N–H and O–H groups in total. The zero-order valence-electron chi connectivity index (χ0n) is 10.2. The lowest BCUT2D eigenvalue weighted by atomic mass is 10.2. The SMILES string of the molecule is C=CCN1C(=O)/C(=C/c2ccccc2)N(C)C1=S. The van der Waals surface area contributed by atoms with Crippen LogP contribution in [0.3, 0.4) is 0 Å². The molecule has 1 aromatic rings. The second-order valence-corrected chi connectivity index (χ2v) is 4.35. The van der Waals surface area contributed by atoms with Gasteiger partial charge in [-0.1, -0.05) is 36.4 Å². The van der Waals surface area contributed by atoms with Gasteiger partial charge in [0.25, 0.3) is 5.91 Å². The number of carbonyl (C=O) groups excluding carboxylic acids is 1. The number of hydrogen-bond donors (Lipinski definition) is 0. The Bertz CT molecular complexity index is 522. The number of rotatable bonds is 3. The summed E-state index contributed by atoms with van der Waals surface area (Å²) in [6, 6.07) is 9.72. The van der Waals surface area contributed by atoms with Crippen LogP contribution in [0.2, 0.25) is 0 Å². The molecule has 0 bridgehead atoms. The van der Waals surface area contributed by atoms with Gasteiger partial charge in [0.05, 0.1) is 0 Å². The maximum atomic E-state index is 12.2. The predicted molar refractivity (Wildman–Crippen MR) is 76.7 cm³/mol. The van der Waals surface area contributed by atoms with Crippen LogP contribution in [-0.4, -0.2) is 34.4 Å². The molecule has 4 heteroatoms. The molecule has 0 aromatic heterocycles. The van der Waals surface area contributed by atoms with Gasteiger partial charge in [0, 0.05) is 13.6 Å². The Labute approximate surface area is 112 Å². The monoisotopic (exact) mass is 258 g/mol. The van der Waals surface area contributed by atoms with E-state index in [-0.39, 0.29) is 5.91 Å². The minimum atomic E-state index is -0.0775. The fourth-order valence-electron chi connectivity index (χ4n) is 1.81. The lowest BCUT2D eigenvalue weighted by molar-refractivity contribution is -0.122. The molecule has 3 nitrogen and oxygen atoms in total. The largest absolute Gasteiger partial charge is 0.317 e. The van der Waals surface area contributed by atoms with E-state index in [0.717, 1.165) is 5.56 Å². The third kappa shape index (κ3) is 2.19. The molecule has 1 aliphatic heterocycles. The van der Waals surface area contributed by atoms with Crippen molar-refractivity contribution >= 4 is 29.3 Å². The van der Waals surface area contributed by atoms with Crippen molar-refractivity contribution in [2.45, 2.75) is 0 Å². The highest BCUT2D eigenvalue weighted by molar-refractivity contribution is 7.80. The maximum absolute atomic E-state index is 12.2. The molecule has 0 unspecified atom stereocenters. The van der Waals surface area contributed by atoms with Crippen molar-refractivity contribution in [1.82, 2.24) is 9.80 Å². The van der Waals surface area contributed by atoms with Crippen LogP contribution < -0.4 is 0 Å². The molecule has 1 amide bonds. The highest BCUT2D eigenvalue weighted by Crippen LogP contribution is 2.21. The highest BCUT2D eigenvalue weighted by Gasteiger charge is 2.34. The van der Waals surface area contributed by atoms with Crippen LogP contribution >= 0.6 is 12.2 Å². The Kier molecular flexibility index (Phi) is 3.58. The van der Waals surface area contributed by atoms with Gasteiger partial charge < -0.3 is 4.90 Å². The summed E-state index contributed by atoms with van der Waals surface area (Å²) in [6.07, 6.45) is 3.52. The third-order valence-corrected chi connectivity index (χ3v) is 3.25. The number of thiocarbonyl (C=S) groups is 1. The summed E-state index contributed by atoms with van der Waals surface area (Å²) < 4.78 is 0. The molecule has 92 valence electrons. The topological polar surface area (TPSA) is 23.6 Å². The zero-order chi connectivity index (χ0) is 13.1. The number of carbonyl (C=O) groups is 1. The molecule has 0 spiro atoms. The Morgan fingerprint density at radius 2 is 2.00 bits per heavy atom. The number of benzene rings is 1. The van der Waals surface area contributed by atoms with E-state index < -0.39 is 0 Å². The average Bonchev–Trinajstić information content (AvgIpc) is 2.58. The smallest absolute Gasteiger partial charge is 0.277 e. The van der Waals surface area contributed by atoms with Gasteiger partial charge in [-0.05, 0) is 23.9 Å². The lowest BCUT2D eigenvalue weighted by Crippen LogP contribution is -2.31. The molecule has 0 saturated carbocycles. The van der Waals surface area contributed by atoms with Crippen LogP contribution in [0.1, 0.15) is 5.56 Å². The molecule has 1 saturated heterocycles. The summed E-state index contributed by atoms with van der Waals surface area (Å²) in [4.78, 5) is 15.5. The van der Waals surface area contributed by atoms with E-state index in [0.29, 0.717) is 17.4 Å².